The van der Waals surface area contributed by atoms with Gasteiger partial charge in [-0.3, -0.25) is 0 Å². The number of hydrogen-bond acceptors (Lipinski definition) is 4. The summed E-state index contributed by atoms with van der Waals surface area (Å²) in [7, 11) is 0. The minimum Gasteiger partial charge on any atom is -0.387 e. The van der Waals surface area contributed by atoms with Crippen molar-refractivity contribution >= 4 is 0 Å². The molecule has 1 atom stereocenters. The molecule has 0 bridgehead atoms. The number of nitrogens with zero attached hydrogens (tertiary/aromatic N) is 3. The molecule has 5 heteroatoms. The zero-order valence-electron chi connectivity index (χ0n) is 6.77. The van der Waals surface area contributed by atoms with E-state index >= 15 is 0 Å². The maximum absolute atomic E-state index is 9.92. The van der Waals surface area contributed by atoms with E-state index in [0.717, 1.165) is 13.0 Å². The van der Waals surface area contributed by atoms with E-state index in [4.69, 9.17) is 0 Å². The zero-order chi connectivity index (χ0) is 8.44. The fourth-order valence-electron chi connectivity index (χ4n) is 1.51. The number of β-amino-alcohol motifs (C(OH)–C–C–N with tert-alkyl or cyclic N) is 1. The summed E-state index contributed by atoms with van der Waals surface area (Å²) in [4.78, 5) is 0. The molecule has 2 rings (SSSR count). The highest BCUT2D eigenvalue weighted by Crippen LogP contribution is 2.15. The molecule has 1 fully saturated rings. The summed E-state index contributed by atoms with van der Waals surface area (Å²) in [6.45, 7) is 2.12. The molecule has 0 aliphatic carbocycles. The van der Waals surface area contributed by atoms with Crippen LogP contribution >= 0.6 is 0 Å². The van der Waals surface area contributed by atoms with Gasteiger partial charge in [-0.25, -0.2) is 0 Å². The fraction of sp³-hybridized carbons (Fsp3) is 0.714. The predicted molar refractivity (Wildman–Crippen MR) is 42.5 cm³/mol. The predicted octanol–water partition coefficient (Wildman–Crippen LogP) is -0.998. The summed E-state index contributed by atoms with van der Waals surface area (Å²) >= 11 is 0. The Bertz CT molecular complexity index is 240. The van der Waals surface area contributed by atoms with E-state index in [2.05, 4.69) is 15.5 Å². The van der Waals surface area contributed by atoms with Crippen molar-refractivity contribution in [1.29, 1.82) is 0 Å². The third-order valence-electron chi connectivity index (χ3n) is 2.16. The largest absolute Gasteiger partial charge is 0.387 e. The van der Waals surface area contributed by atoms with Crippen molar-refractivity contribution in [2.24, 2.45) is 0 Å². The summed E-state index contributed by atoms with van der Waals surface area (Å²) in [6, 6.07) is 0. The molecule has 0 aromatic carbocycles. The second-order valence-electron chi connectivity index (χ2n) is 3.29. The summed E-state index contributed by atoms with van der Waals surface area (Å²) < 4.78 is 1.80. The van der Waals surface area contributed by atoms with Crippen LogP contribution in [0.2, 0.25) is 0 Å². The Hall–Kier alpha value is -0.940. The monoisotopic (exact) mass is 168 g/mol. The first-order chi connectivity index (χ1) is 5.79. The molecule has 0 amide bonds. The molecule has 66 valence electrons. The number of aliphatic hydroxyl groups is 1. The van der Waals surface area contributed by atoms with E-state index in [1.807, 2.05) is 0 Å². The van der Waals surface area contributed by atoms with Crippen LogP contribution in [-0.4, -0.2) is 38.6 Å². The number of nitrogens with one attached hydrogen (secondary N) is 1. The first-order valence-electron chi connectivity index (χ1n) is 4.04. The second kappa shape index (κ2) is 2.84. The van der Waals surface area contributed by atoms with Gasteiger partial charge in [-0.15, -0.1) is 10.2 Å². The van der Waals surface area contributed by atoms with Crippen molar-refractivity contribution < 1.29 is 5.11 Å². The first kappa shape index (κ1) is 7.70. The summed E-state index contributed by atoms with van der Waals surface area (Å²) in [6.07, 6.45) is 4.04. The number of hydrogen-bond donors (Lipinski definition) is 2. The van der Waals surface area contributed by atoms with E-state index in [-0.39, 0.29) is 0 Å². The van der Waals surface area contributed by atoms with E-state index in [1.165, 1.54) is 0 Å². The molecule has 0 radical (unpaired) electrons. The van der Waals surface area contributed by atoms with Crippen molar-refractivity contribution in [1.82, 2.24) is 20.1 Å². The Morgan fingerprint density at radius 1 is 1.50 bits per heavy atom. The molecular weight excluding hydrogens is 156 g/mol. The van der Waals surface area contributed by atoms with Crippen molar-refractivity contribution in [2.45, 2.75) is 18.6 Å². The van der Waals surface area contributed by atoms with Crippen molar-refractivity contribution in [3.63, 3.8) is 0 Å². The van der Waals surface area contributed by atoms with Gasteiger partial charge in [0.2, 0.25) is 0 Å². The van der Waals surface area contributed by atoms with Gasteiger partial charge in [0, 0.05) is 6.54 Å². The van der Waals surface area contributed by atoms with Crippen LogP contribution in [0.1, 0.15) is 6.42 Å². The SMILES string of the molecule is O[C@@]1(Cn2cnnc2)CCNC1. The lowest BCUT2D eigenvalue weighted by Gasteiger charge is -2.20. The molecule has 12 heavy (non-hydrogen) atoms. The highest BCUT2D eigenvalue weighted by molar-refractivity contribution is 4.88. The molecule has 1 aromatic rings. The molecular formula is C7H12N4O. The van der Waals surface area contributed by atoms with Gasteiger partial charge >= 0.3 is 0 Å². The van der Waals surface area contributed by atoms with Crippen LogP contribution in [0, 0.1) is 0 Å². The van der Waals surface area contributed by atoms with Crippen LogP contribution < -0.4 is 5.32 Å². The maximum atomic E-state index is 9.92. The fourth-order valence-corrected chi connectivity index (χ4v) is 1.51. The van der Waals surface area contributed by atoms with Gasteiger partial charge in [0.15, 0.2) is 0 Å². The summed E-state index contributed by atoms with van der Waals surface area (Å²) in [5.41, 5.74) is -0.609. The third-order valence-corrected chi connectivity index (χ3v) is 2.16. The Labute approximate surface area is 70.4 Å². The zero-order valence-corrected chi connectivity index (χ0v) is 6.77. The van der Waals surface area contributed by atoms with E-state index in [0.29, 0.717) is 13.1 Å². The van der Waals surface area contributed by atoms with Crippen LogP contribution in [0.15, 0.2) is 12.7 Å². The van der Waals surface area contributed by atoms with Gasteiger partial charge in [0.25, 0.3) is 0 Å². The van der Waals surface area contributed by atoms with Crippen molar-refractivity contribution in [3.8, 4) is 0 Å². The van der Waals surface area contributed by atoms with E-state index in [9.17, 15) is 5.11 Å². The molecule has 5 nitrogen and oxygen atoms in total. The van der Waals surface area contributed by atoms with Crippen LogP contribution in [0.3, 0.4) is 0 Å². The molecule has 0 spiro atoms. The lowest BCUT2D eigenvalue weighted by molar-refractivity contribution is 0.0431. The molecule has 2 N–H and O–H groups in total. The molecule has 1 saturated heterocycles. The van der Waals surface area contributed by atoms with Crippen LogP contribution in [-0.2, 0) is 6.54 Å². The van der Waals surface area contributed by atoms with E-state index in [1.54, 1.807) is 17.2 Å². The molecule has 1 aliphatic rings. The van der Waals surface area contributed by atoms with Crippen molar-refractivity contribution in [3.05, 3.63) is 12.7 Å². The topological polar surface area (TPSA) is 63.0 Å². The van der Waals surface area contributed by atoms with Gasteiger partial charge in [-0.1, -0.05) is 0 Å². The van der Waals surface area contributed by atoms with Gasteiger partial charge in [-0.2, -0.15) is 0 Å². The second-order valence-corrected chi connectivity index (χ2v) is 3.29. The lowest BCUT2D eigenvalue weighted by Crippen LogP contribution is -2.35. The van der Waals surface area contributed by atoms with Gasteiger partial charge in [0.05, 0.1) is 12.1 Å². The van der Waals surface area contributed by atoms with Crippen LogP contribution in [0.25, 0.3) is 0 Å². The molecule has 1 aromatic heterocycles. The number of aromatic nitrogens is 3. The smallest absolute Gasteiger partial charge is 0.119 e. The Balaban J connectivity index is 2.02. The molecule has 0 unspecified atom stereocenters. The highest BCUT2D eigenvalue weighted by atomic mass is 16.3. The quantitative estimate of drug-likeness (QED) is 0.594. The van der Waals surface area contributed by atoms with Crippen molar-refractivity contribution in [2.75, 3.05) is 13.1 Å². The van der Waals surface area contributed by atoms with E-state index < -0.39 is 5.60 Å². The average molecular weight is 168 g/mol. The normalized spacial score (nSPS) is 29.4. The standard InChI is InChI=1S/C7H12N4O/c12-7(1-2-8-3-7)4-11-5-9-10-6-11/h5-6,8,12H,1-4H2/t7-/m0/s1. The first-order valence-corrected chi connectivity index (χ1v) is 4.04. The van der Waals surface area contributed by atoms with Gasteiger partial charge < -0.3 is 15.0 Å². The van der Waals surface area contributed by atoms with Gasteiger partial charge in [-0.05, 0) is 13.0 Å². The molecule has 2 heterocycles. The Morgan fingerprint density at radius 3 is 2.83 bits per heavy atom. The maximum Gasteiger partial charge on any atom is 0.119 e. The average Bonchev–Trinajstić information content (AvgIpc) is 2.62. The Morgan fingerprint density at radius 2 is 2.25 bits per heavy atom. The molecule has 0 saturated carbocycles. The lowest BCUT2D eigenvalue weighted by atomic mass is 10.0. The minimum absolute atomic E-state index is 0.576. The Kier molecular flexibility index (Phi) is 1.82. The summed E-state index contributed by atoms with van der Waals surface area (Å²) in [5, 5.41) is 20.4. The van der Waals surface area contributed by atoms with Crippen LogP contribution in [0.5, 0.6) is 0 Å². The highest BCUT2D eigenvalue weighted by Gasteiger charge is 2.31. The summed E-state index contributed by atoms with van der Waals surface area (Å²) in [5.74, 6) is 0. The minimum atomic E-state index is -0.609. The third kappa shape index (κ3) is 1.46. The van der Waals surface area contributed by atoms with Gasteiger partial charge in [0.1, 0.15) is 12.7 Å². The van der Waals surface area contributed by atoms with Crippen LogP contribution in [0.4, 0.5) is 0 Å². The number of rotatable bonds is 2. The molecule has 1 aliphatic heterocycles.